The minimum Gasteiger partial charge on any atom is -0.228 e. The zero-order valence-electron chi connectivity index (χ0n) is 30.2. The van der Waals surface area contributed by atoms with Crippen molar-refractivity contribution >= 4 is 63.0 Å². The predicted octanol–water partition coefficient (Wildman–Crippen LogP) is 15.2. The van der Waals surface area contributed by atoms with Gasteiger partial charge in [-0.25, -0.2) is 9.97 Å². The van der Waals surface area contributed by atoms with Gasteiger partial charge in [-0.2, -0.15) is 0 Å². The van der Waals surface area contributed by atoms with Crippen LogP contribution in [0, 0.1) is 0 Å². The van der Waals surface area contributed by atoms with E-state index in [-0.39, 0.29) is 0 Å². The Hall–Kier alpha value is -6.72. The Labute approximate surface area is 332 Å². The molecule has 0 aliphatic rings. The average Bonchev–Trinajstić information content (AvgIpc) is 3.84. The van der Waals surface area contributed by atoms with Crippen LogP contribution in [0.5, 0.6) is 0 Å². The summed E-state index contributed by atoms with van der Waals surface area (Å²) in [6.45, 7) is 0. The molecule has 0 N–H and O–H groups in total. The van der Waals surface area contributed by atoms with Gasteiger partial charge in [-0.1, -0.05) is 140 Å². The van der Waals surface area contributed by atoms with Crippen molar-refractivity contribution in [1.29, 1.82) is 0 Å². The van der Waals surface area contributed by atoms with E-state index in [0.29, 0.717) is 5.82 Å². The molecular formula is C52H32N2S2. The van der Waals surface area contributed by atoms with Gasteiger partial charge in [0.2, 0.25) is 0 Å². The summed E-state index contributed by atoms with van der Waals surface area (Å²) in [5, 5.41) is 5.24. The molecule has 3 heterocycles. The van der Waals surface area contributed by atoms with E-state index in [0.717, 1.165) is 44.8 Å². The Morgan fingerprint density at radius 3 is 1.27 bits per heavy atom. The molecule has 2 nitrogen and oxygen atoms in total. The molecular weight excluding hydrogens is 717 g/mol. The van der Waals surface area contributed by atoms with Crippen LogP contribution in [0.2, 0.25) is 0 Å². The summed E-state index contributed by atoms with van der Waals surface area (Å²) < 4.78 is 5.22. The Morgan fingerprint density at radius 1 is 0.250 bits per heavy atom. The van der Waals surface area contributed by atoms with E-state index in [4.69, 9.17) is 9.97 Å². The van der Waals surface area contributed by atoms with E-state index in [9.17, 15) is 0 Å². The molecule has 11 rings (SSSR count). The Kier molecular flexibility index (Phi) is 7.90. The first kappa shape index (κ1) is 32.7. The summed E-state index contributed by atoms with van der Waals surface area (Å²) in [7, 11) is 0. The van der Waals surface area contributed by atoms with E-state index < -0.39 is 0 Å². The highest BCUT2D eigenvalue weighted by Gasteiger charge is 2.15. The van der Waals surface area contributed by atoms with Gasteiger partial charge in [0.05, 0.1) is 11.4 Å². The minimum absolute atomic E-state index is 0.708. The van der Waals surface area contributed by atoms with E-state index in [1.165, 1.54) is 57.0 Å². The normalized spacial score (nSPS) is 11.6. The topological polar surface area (TPSA) is 25.8 Å². The molecule has 8 aromatic carbocycles. The van der Waals surface area contributed by atoms with Crippen molar-refractivity contribution in [3.63, 3.8) is 0 Å². The summed E-state index contributed by atoms with van der Waals surface area (Å²) in [5.74, 6) is 0.708. The quantitative estimate of drug-likeness (QED) is 0.169. The summed E-state index contributed by atoms with van der Waals surface area (Å²) in [6.07, 6.45) is 0. The van der Waals surface area contributed by atoms with Crippen LogP contribution in [0.25, 0.3) is 108 Å². The van der Waals surface area contributed by atoms with E-state index in [1.807, 2.05) is 46.9 Å². The number of nitrogens with zero attached hydrogens (tertiary/aromatic N) is 2. The lowest BCUT2D eigenvalue weighted by molar-refractivity contribution is 1.18. The molecule has 0 saturated heterocycles. The third-order valence-corrected chi connectivity index (χ3v) is 12.9. The minimum atomic E-state index is 0.708. The number of hydrogen-bond donors (Lipinski definition) is 0. The van der Waals surface area contributed by atoms with Crippen LogP contribution in [0.15, 0.2) is 194 Å². The zero-order chi connectivity index (χ0) is 37.0. The molecule has 0 saturated carbocycles. The highest BCUT2D eigenvalue weighted by molar-refractivity contribution is 7.26. The third kappa shape index (κ3) is 5.88. The predicted molar refractivity (Wildman–Crippen MR) is 240 cm³/mol. The van der Waals surface area contributed by atoms with Gasteiger partial charge in [-0.05, 0) is 88.0 Å². The Balaban J connectivity index is 1.09. The molecule has 0 bridgehead atoms. The Morgan fingerprint density at radius 2 is 0.661 bits per heavy atom. The van der Waals surface area contributed by atoms with Crippen LogP contribution in [0.3, 0.4) is 0 Å². The van der Waals surface area contributed by atoms with Crippen LogP contribution in [0.1, 0.15) is 0 Å². The van der Waals surface area contributed by atoms with Crippen LogP contribution in [-0.4, -0.2) is 9.97 Å². The number of fused-ring (bicyclic) bond motifs is 6. The van der Waals surface area contributed by atoms with Gasteiger partial charge >= 0.3 is 0 Å². The van der Waals surface area contributed by atoms with Crippen LogP contribution in [-0.2, 0) is 0 Å². The number of rotatable bonds is 6. The molecule has 3 aromatic heterocycles. The number of benzene rings is 8. The maximum Gasteiger partial charge on any atom is 0.160 e. The Bertz CT molecular complexity index is 3190. The first-order valence-corrected chi connectivity index (χ1v) is 20.4. The molecule has 56 heavy (non-hydrogen) atoms. The highest BCUT2D eigenvalue weighted by atomic mass is 32.1. The van der Waals surface area contributed by atoms with E-state index in [1.54, 1.807) is 0 Å². The molecule has 4 heteroatoms. The van der Waals surface area contributed by atoms with Crippen molar-refractivity contribution in [1.82, 2.24) is 9.97 Å². The van der Waals surface area contributed by atoms with Gasteiger partial charge in [0.1, 0.15) is 0 Å². The fourth-order valence-corrected chi connectivity index (χ4v) is 10.2. The van der Waals surface area contributed by atoms with E-state index >= 15 is 0 Å². The third-order valence-electron chi connectivity index (χ3n) is 10.7. The average molecular weight is 749 g/mol. The monoisotopic (exact) mass is 748 g/mol. The smallest absolute Gasteiger partial charge is 0.160 e. The molecule has 0 radical (unpaired) electrons. The SMILES string of the molecule is c1ccc(-c2cc(-c3cc(-c4cccc(-c5ccc6c(c5)sc5ccccc56)c4)cc(-c4ccc5c(c4)sc4ccccc45)c3)nc(-c3ccccc3)n2)cc1. The van der Waals surface area contributed by atoms with Gasteiger partial charge in [0.15, 0.2) is 5.82 Å². The van der Waals surface area contributed by atoms with E-state index in [2.05, 4.69) is 170 Å². The maximum absolute atomic E-state index is 5.25. The lowest BCUT2D eigenvalue weighted by atomic mass is 9.92. The lowest BCUT2D eigenvalue weighted by Gasteiger charge is -2.14. The first-order valence-electron chi connectivity index (χ1n) is 18.8. The largest absolute Gasteiger partial charge is 0.228 e. The molecule has 0 aliphatic heterocycles. The fourth-order valence-electron chi connectivity index (χ4n) is 7.87. The number of hydrogen-bond acceptors (Lipinski definition) is 4. The summed E-state index contributed by atoms with van der Waals surface area (Å²) in [4.78, 5) is 10.3. The molecule has 0 fully saturated rings. The second-order valence-corrected chi connectivity index (χ2v) is 16.4. The molecule has 0 unspecified atom stereocenters. The van der Waals surface area contributed by atoms with Gasteiger partial charge in [0.25, 0.3) is 0 Å². The lowest BCUT2D eigenvalue weighted by Crippen LogP contribution is -1.96. The van der Waals surface area contributed by atoms with Crippen LogP contribution < -0.4 is 0 Å². The van der Waals surface area contributed by atoms with Crippen molar-refractivity contribution in [2.45, 2.75) is 0 Å². The molecule has 262 valence electrons. The van der Waals surface area contributed by atoms with Gasteiger partial charge < -0.3 is 0 Å². The summed E-state index contributed by atoms with van der Waals surface area (Å²) >= 11 is 3.71. The van der Waals surface area contributed by atoms with Gasteiger partial charge in [-0.3, -0.25) is 0 Å². The van der Waals surface area contributed by atoms with Crippen molar-refractivity contribution in [3.8, 4) is 67.3 Å². The van der Waals surface area contributed by atoms with Crippen LogP contribution >= 0.6 is 22.7 Å². The summed E-state index contributed by atoms with van der Waals surface area (Å²) in [6, 6.07) is 69.9. The second kappa shape index (κ2) is 13.5. The number of aromatic nitrogens is 2. The summed E-state index contributed by atoms with van der Waals surface area (Å²) in [5.41, 5.74) is 11.9. The molecule has 0 aliphatic carbocycles. The van der Waals surface area contributed by atoms with Crippen molar-refractivity contribution in [2.75, 3.05) is 0 Å². The molecule has 0 spiro atoms. The highest BCUT2D eigenvalue weighted by Crippen LogP contribution is 2.41. The molecule has 11 aromatic rings. The fraction of sp³-hybridized carbons (Fsp3) is 0. The second-order valence-electron chi connectivity index (χ2n) is 14.2. The number of thiophene rings is 2. The molecule has 0 atom stereocenters. The van der Waals surface area contributed by atoms with Gasteiger partial charge in [0, 0.05) is 57.0 Å². The van der Waals surface area contributed by atoms with Crippen molar-refractivity contribution in [2.24, 2.45) is 0 Å². The van der Waals surface area contributed by atoms with Gasteiger partial charge in [-0.15, -0.1) is 22.7 Å². The van der Waals surface area contributed by atoms with Crippen LogP contribution in [0.4, 0.5) is 0 Å². The standard InChI is InChI=1S/C52H32N2S2/c1-3-12-33(13-4-1)46-32-47(54-52(53-46)34-14-5-2-6-15-34)41-28-39(27-40(29-41)38-23-25-45-43-19-8-10-21-49(43)56-51(45)31-38)36-17-11-16-35(26-36)37-22-24-44-42-18-7-9-20-48(42)55-50(44)30-37/h1-32H. The van der Waals surface area contributed by atoms with Crippen molar-refractivity contribution in [3.05, 3.63) is 194 Å². The zero-order valence-corrected chi connectivity index (χ0v) is 31.8. The maximum atomic E-state index is 5.25. The molecule has 0 amide bonds. The van der Waals surface area contributed by atoms with Crippen molar-refractivity contribution < 1.29 is 0 Å². The first-order chi connectivity index (χ1) is 27.7.